The second-order valence-corrected chi connectivity index (χ2v) is 4.84. The van der Waals surface area contributed by atoms with Gasteiger partial charge in [-0.15, -0.1) is 0 Å². The number of amides is 1. The Kier molecular flexibility index (Phi) is 5.41. The summed E-state index contributed by atoms with van der Waals surface area (Å²) in [5, 5.41) is 11.4. The maximum absolute atomic E-state index is 11.5. The van der Waals surface area contributed by atoms with Crippen LogP contribution in [-0.4, -0.2) is 35.7 Å². The first-order chi connectivity index (χ1) is 7.99. The third-order valence-electron chi connectivity index (χ3n) is 2.99. The SMILES string of the molecule is CC(C)C1CC(NC(=O)CCC(=O)O)CCO1. The third-order valence-corrected chi connectivity index (χ3v) is 2.99. The normalized spacial score (nSPS) is 24.6. The standard InChI is InChI=1S/C12H21NO4/c1-8(2)10-7-9(5-6-17-10)13-11(14)3-4-12(15)16/h8-10H,3-7H2,1-2H3,(H,13,14)(H,15,16). The minimum Gasteiger partial charge on any atom is -0.481 e. The van der Waals surface area contributed by atoms with Crippen LogP contribution in [0.15, 0.2) is 0 Å². The first kappa shape index (κ1) is 14.0. The molecule has 2 unspecified atom stereocenters. The molecule has 0 aromatic heterocycles. The summed E-state index contributed by atoms with van der Waals surface area (Å²) >= 11 is 0. The minimum absolute atomic E-state index is 0.0546. The zero-order valence-corrected chi connectivity index (χ0v) is 10.4. The van der Waals surface area contributed by atoms with Gasteiger partial charge < -0.3 is 15.2 Å². The van der Waals surface area contributed by atoms with Crippen molar-refractivity contribution in [3.05, 3.63) is 0 Å². The lowest BCUT2D eigenvalue weighted by Gasteiger charge is -2.32. The number of hydrogen-bond donors (Lipinski definition) is 2. The van der Waals surface area contributed by atoms with E-state index in [9.17, 15) is 9.59 Å². The van der Waals surface area contributed by atoms with Crippen LogP contribution < -0.4 is 5.32 Å². The van der Waals surface area contributed by atoms with E-state index >= 15 is 0 Å². The average molecular weight is 243 g/mol. The Bertz CT molecular complexity index is 278. The van der Waals surface area contributed by atoms with Crippen molar-refractivity contribution >= 4 is 11.9 Å². The summed E-state index contributed by atoms with van der Waals surface area (Å²) in [7, 11) is 0. The summed E-state index contributed by atoms with van der Waals surface area (Å²) in [5.41, 5.74) is 0. The molecule has 1 rings (SSSR count). The minimum atomic E-state index is -0.938. The number of nitrogens with one attached hydrogen (secondary N) is 1. The van der Waals surface area contributed by atoms with Crippen molar-refractivity contribution in [2.75, 3.05) is 6.61 Å². The molecule has 0 bridgehead atoms. The van der Waals surface area contributed by atoms with Crippen molar-refractivity contribution < 1.29 is 19.4 Å². The Morgan fingerprint density at radius 2 is 2.12 bits per heavy atom. The molecule has 0 saturated carbocycles. The van der Waals surface area contributed by atoms with Gasteiger partial charge in [0.05, 0.1) is 12.5 Å². The molecule has 1 aliphatic rings. The lowest BCUT2D eigenvalue weighted by atomic mass is 9.95. The van der Waals surface area contributed by atoms with E-state index in [1.54, 1.807) is 0 Å². The van der Waals surface area contributed by atoms with E-state index in [1.165, 1.54) is 0 Å². The van der Waals surface area contributed by atoms with Crippen LogP contribution >= 0.6 is 0 Å². The highest BCUT2D eigenvalue weighted by Crippen LogP contribution is 2.20. The molecule has 1 fully saturated rings. The van der Waals surface area contributed by atoms with Crippen molar-refractivity contribution in [2.45, 2.75) is 51.7 Å². The summed E-state index contributed by atoms with van der Waals surface area (Å²) in [4.78, 5) is 21.8. The van der Waals surface area contributed by atoms with Crippen LogP contribution in [0.1, 0.15) is 39.5 Å². The number of carboxylic acid groups (broad SMARTS) is 1. The molecule has 0 spiro atoms. The van der Waals surface area contributed by atoms with Crippen LogP contribution in [-0.2, 0) is 14.3 Å². The van der Waals surface area contributed by atoms with Crippen LogP contribution in [0.25, 0.3) is 0 Å². The predicted octanol–water partition coefficient (Wildman–Crippen LogP) is 1.17. The maximum Gasteiger partial charge on any atom is 0.303 e. The highest BCUT2D eigenvalue weighted by molar-refractivity contribution is 5.80. The molecule has 17 heavy (non-hydrogen) atoms. The van der Waals surface area contributed by atoms with Gasteiger partial charge in [-0.2, -0.15) is 0 Å². The van der Waals surface area contributed by atoms with Gasteiger partial charge in [-0.1, -0.05) is 13.8 Å². The van der Waals surface area contributed by atoms with Crippen LogP contribution in [0.5, 0.6) is 0 Å². The molecule has 1 aliphatic heterocycles. The average Bonchev–Trinajstić information content (AvgIpc) is 2.26. The summed E-state index contributed by atoms with van der Waals surface area (Å²) in [6, 6.07) is 0.123. The summed E-state index contributed by atoms with van der Waals surface area (Å²) < 4.78 is 5.60. The molecule has 0 aromatic carbocycles. The topological polar surface area (TPSA) is 75.6 Å². The van der Waals surface area contributed by atoms with E-state index < -0.39 is 5.97 Å². The molecule has 1 saturated heterocycles. The molecule has 5 nitrogen and oxygen atoms in total. The van der Waals surface area contributed by atoms with Gasteiger partial charge >= 0.3 is 5.97 Å². The molecule has 0 aromatic rings. The van der Waals surface area contributed by atoms with Gasteiger partial charge in [0.1, 0.15) is 0 Å². The van der Waals surface area contributed by atoms with Crippen molar-refractivity contribution in [2.24, 2.45) is 5.92 Å². The quantitative estimate of drug-likeness (QED) is 0.760. The fraction of sp³-hybridized carbons (Fsp3) is 0.833. The largest absolute Gasteiger partial charge is 0.481 e. The lowest BCUT2D eigenvalue weighted by molar-refractivity contribution is -0.139. The van der Waals surface area contributed by atoms with Gasteiger partial charge in [0, 0.05) is 19.1 Å². The van der Waals surface area contributed by atoms with E-state index in [1.807, 2.05) is 0 Å². The number of hydrogen-bond acceptors (Lipinski definition) is 3. The number of rotatable bonds is 5. The van der Waals surface area contributed by atoms with Gasteiger partial charge in [-0.05, 0) is 18.8 Å². The van der Waals surface area contributed by atoms with E-state index in [0.717, 1.165) is 12.8 Å². The van der Waals surface area contributed by atoms with E-state index in [-0.39, 0.29) is 30.9 Å². The molecule has 0 aliphatic carbocycles. The number of carbonyl (C=O) groups excluding carboxylic acids is 1. The van der Waals surface area contributed by atoms with Crippen molar-refractivity contribution in [1.29, 1.82) is 0 Å². The monoisotopic (exact) mass is 243 g/mol. The van der Waals surface area contributed by atoms with Gasteiger partial charge in [-0.25, -0.2) is 0 Å². The van der Waals surface area contributed by atoms with E-state index in [4.69, 9.17) is 9.84 Å². The van der Waals surface area contributed by atoms with Crippen molar-refractivity contribution in [3.63, 3.8) is 0 Å². The Balaban J connectivity index is 2.30. The molecule has 2 N–H and O–H groups in total. The smallest absolute Gasteiger partial charge is 0.303 e. The summed E-state index contributed by atoms with van der Waals surface area (Å²) in [6.45, 7) is 4.85. The fourth-order valence-corrected chi connectivity index (χ4v) is 1.94. The molecule has 1 amide bonds. The highest BCUT2D eigenvalue weighted by atomic mass is 16.5. The molecule has 5 heteroatoms. The number of aliphatic carboxylic acids is 1. The Labute approximate surface area is 102 Å². The highest BCUT2D eigenvalue weighted by Gasteiger charge is 2.25. The Morgan fingerprint density at radius 1 is 1.41 bits per heavy atom. The molecular formula is C12H21NO4. The first-order valence-electron chi connectivity index (χ1n) is 6.11. The molecule has 0 radical (unpaired) electrons. The Hall–Kier alpha value is -1.10. The number of ether oxygens (including phenoxy) is 1. The lowest BCUT2D eigenvalue weighted by Crippen LogP contribution is -2.43. The number of carboxylic acids is 1. The van der Waals surface area contributed by atoms with Crippen LogP contribution in [0.3, 0.4) is 0 Å². The van der Waals surface area contributed by atoms with Crippen LogP contribution in [0.4, 0.5) is 0 Å². The summed E-state index contributed by atoms with van der Waals surface area (Å²) in [5.74, 6) is -0.678. The van der Waals surface area contributed by atoms with Crippen LogP contribution in [0.2, 0.25) is 0 Å². The maximum atomic E-state index is 11.5. The van der Waals surface area contributed by atoms with Crippen molar-refractivity contribution in [3.8, 4) is 0 Å². The second kappa shape index (κ2) is 6.59. The second-order valence-electron chi connectivity index (χ2n) is 4.84. The zero-order chi connectivity index (χ0) is 12.8. The van der Waals surface area contributed by atoms with Gasteiger partial charge in [-0.3, -0.25) is 9.59 Å². The Morgan fingerprint density at radius 3 is 2.71 bits per heavy atom. The van der Waals surface area contributed by atoms with Crippen LogP contribution in [0, 0.1) is 5.92 Å². The molecule has 98 valence electrons. The third kappa shape index (κ3) is 5.17. The summed E-state index contributed by atoms with van der Waals surface area (Å²) in [6.07, 6.45) is 1.76. The van der Waals surface area contributed by atoms with Gasteiger partial charge in [0.15, 0.2) is 0 Å². The first-order valence-corrected chi connectivity index (χ1v) is 6.11. The van der Waals surface area contributed by atoms with Gasteiger partial charge in [0.25, 0.3) is 0 Å². The molecule has 1 heterocycles. The number of carbonyl (C=O) groups is 2. The molecule has 2 atom stereocenters. The predicted molar refractivity (Wildman–Crippen MR) is 62.6 cm³/mol. The van der Waals surface area contributed by atoms with Crippen molar-refractivity contribution in [1.82, 2.24) is 5.32 Å². The van der Waals surface area contributed by atoms with Gasteiger partial charge in [0.2, 0.25) is 5.91 Å². The molecular weight excluding hydrogens is 222 g/mol. The van der Waals surface area contributed by atoms with E-state index in [2.05, 4.69) is 19.2 Å². The fourth-order valence-electron chi connectivity index (χ4n) is 1.94. The van der Waals surface area contributed by atoms with E-state index in [0.29, 0.717) is 12.5 Å². The zero-order valence-electron chi connectivity index (χ0n) is 10.4.